The number of nitrogens with two attached hydrogens (primary N) is 1. The Balaban J connectivity index is 1.40. The fraction of sp³-hybridized carbons (Fsp3) is 0.517. The van der Waals surface area contributed by atoms with E-state index in [1.807, 2.05) is 23.1 Å². The molecule has 186 valence electrons. The van der Waals surface area contributed by atoms with Crippen LogP contribution in [0.25, 0.3) is 0 Å². The van der Waals surface area contributed by atoms with Gasteiger partial charge in [-0.05, 0) is 81.8 Å². The molecule has 2 aliphatic carbocycles. The van der Waals surface area contributed by atoms with E-state index >= 15 is 0 Å². The van der Waals surface area contributed by atoms with Crippen molar-refractivity contribution in [2.24, 2.45) is 11.7 Å². The Bertz CT molecular complexity index is 1070. The summed E-state index contributed by atoms with van der Waals surface area (Å²) in [5.41, 5.74) is 8.19. The van der Waals surface area contributed by atoms with E-state index in [2.05, 4.69) is 54.2 Å². The Morgan fingerprint density at radius 2 is 1.74 bits per heavy atom. The summed E-state index contributed by atoms with van der Waals surface area (Å²) >= 11 is 0. The molecule has 2 N–H and O–H groups in total. The van der Waals surface area contributed by atoms with Crippen LogP contribution in [0.4, 0.5) is 4.79 Å². The van der Waals surface area contributed by atoms with Crippen LogP contribution in [0.1, 0.15) is 66.4 Å². The SMILES string of the molecule is CN(C)[C@]1(c2ccccc2)CC[C@]2(CC1)CN(Cc1cccc(C(N)=O)c1)C(=O)N2CC1CCC1. The molecule has 1 aliphatic heterocycles. The van der Waals surface area contributed by atoms with E-state index in [1.165, 1.54) is 24.8 Å². The van der Waals surface area contributed by atoms with E-state index in [4.69, 9.17) is 5.73 Å². The van der Waals surface area contributed by atoms with E-state index < -0.39 is 5.91 Å². The highest BCUT2D eigenvalue weighted by Crippen LogP contribution is 2.49. The molecule has 1 saturated heterocycles. The first-order valence-corrected chi connectivity index (χ1v) is 13.0. The molecule has 0 bridgehead atoms. The number of hydrogen-bond donors (Lipinski definition) is 1. The average molecular weight is 475 g/mol. The molecule has 1 heterocycles. The molecule has 0 radical (unpaired) electrons. The standard InChI is InChI=1S/C29H38N4O2/c1-31(2)29(25-12-4-3-5-13-25)16-14-28(15-17-29)21-32(27(35)33(28)20-22-8-6-9-22)19-23-10-7-11-24(18-23)26(30)34/h3-5,7,10-13,18,22H,6,8-9,14-17,19-21H2,1-2H3,(H2,30,34)/t28-,29+. The van der Waals surface area contributed by atoms with E-state index in [0.717, 1.165) is 44.3 Å². The Hall–Kier alpha value is -2.86. The minimum atomic E-state index is -0.434. The van der Waals surface area contributed by atoms with E-state index in [-0.39, 0.29) is 17.1 Å². The van der Waals surface area contributed by atoms with E-state index in [1.54, 1.807) is 6.07 Å². The smallest absolute Gasteiger partial charge is 0.320 e. The predicted octanol–water partition coefficient (Wildman–Crippen LogP) is 4.59. The quantitative estimate of drug-likeness (QED) is 0.638. The molecule has 3 fully saturated rings. The monoisotopic (exact) mass is 474 g/mol. The van der Waals surface area contributed by atoms with Gasteiger partial charge in [0.25, 0.3) is 0 Å². The third-order valence-corrected chi connectivity index (χ3v) is 8.98. The van der Waals surface area contributed by atoms with Gasteiger partial charge in [0, 0.05) is 30.7 Å². The van der Waals surface area contributed by atoms with Crippen molar-refractivity contribution in [3.05, 3.63) is 71.3 Å². The highest BCUT2D eigenvalue weighted by atomic mass is 16.2. The van der Waals surface area contributed by atoms with Gasteiger partial charge in [-0.2, -0.15) is 0 Å². The molecule has 1 spiro atoms. The van der Waals surface area contributed by atoms with Crippen molar-refractivity contribution >= 4 is 11.9 Å². The summed E-state index contributed by atoms with van der Waals surface area (Å²) in [6.07, 6.45) is 7.79. The maximum absolute atomic E-state index is 13.8. The van der Waals surface area contributed by atoms with Gasteiger partial charge < -0.3 is 15.5 Å². The number of urea groups is 1. The third kappa shape index (κ3) is 4.33. The van der Waals surface area contributed by atoms with Crippen LogP contribution in [0.5, 0.6) is 0 Å². The lowest BCUT2D eigenvalue weighted by molar-refractivity contribution is 0.0159. The Kier molecular flexibility index (Phi) is 6.34. The van der Waals surface area contributed by atoms with Crippen molar-refractivity contribution in [1.82, 2.24) is 14.7 Å². The van der Waals surface area contributed by atoms with Gasteiger partial charge in [-0.15, -0.1) is 0 Å². The van der Waals surface area contributed by atoms with Crippen molar-refractivity contribution < 1.29 is 9.59 Å². The number of rotatable bonds is 7. The highest BCUT2D eigenvalue weighted by molar-refractivity contribution is 5.92. The summed E-state index contributed by atoms with van der Waals surface area (Å²) < 4.78 is 0. The van der Waals surface area contributed by atoms with Gasteiger partial charge in [0.15, 0.2) is 0 Å². The van der Waals surface area contributed by atoms with Crippen LogP contribution in [-0.2, 0) is 12.1 Å². The van der Waals surface area contributed by atoms with Gasteiger partial charge in [-0.3, -0.25) is 9.69 Å². The van der Waals surface area contributed by atoms with Crippen molar-refractivity contribution in [2.45, 2.75) is 62.6 Å². The molecule has 5 rings (SSSR count). The molecule has 6 heteroatoms. The number of primary amides is 1. The molecule has 0 unspecified atom stereocenters. The van der Waals surface area contributed by atoms with Crippen molar-refractivity contribution in [3.8, 4) is 0 Å². The highest BCUT2D eigenvalue weighted by Gasteiger charge is 2.54. The number of hydrogen-bond acceptors (Lipinski definition) is 3. The number of nitrogens with zero attached hydrogens (tertiary/aromatic N) is 3. The normalized spacial score (nSPS) is 27.0. The fourth-order valence-corrected chi connectivity index (χ4v) is 6.55. The first-order chi connectivity index (χ1) is 16.8. The van der Waals surface area contributed by atoms with Gasteiger partial charge in [0.05, 0.1) is 5.54 Å². The maximum atomic E-state index is 13.8. The van der Waals surface area contributed by atoms with Gasteiger partial charge in [-0.25, -0.2) is 4.79 Å². The molecule has 6 nitrogen and oxygen atoms in total. The summed E-state index contributed by atoms with van der Waals surface area (Å²) in [4.78, 5) is 32.1. The lowest BCUT2D eigenvalue weighted by Crippen LogP contribution is -2.56. The van der Waals surface area contributed by atoms with Crippen molar-refractivity contribution in [2.75, 3.05) is 27.2 Å². The van der Waals surface area contributed by atoms with E-state index in [9.17, 15) is 9.59 Å². The molecular formula is C29H38N4O2. The molecule has 3 aliphatic rings. The van der Waals surface area contributed by atoms with Crippen LogP contribution in [0.3, 0.4) is 0 Å². The summed E-state index contributed by atoms with van der Waals surface area (Å²) in [6, 6.07) is 18.4. The summed E-state index contributed by atoms with van der Waals surface area (Å²) in [6.45, 7) is 2.13. The minimum absolute atomic E-state index is 0.000929. The Morgan fingerprint density at radius 3 is 2.34 bits per heavy atom. The van der Waals surface area contributed by atoms with Gasteiger partial charge in [0.1, 0.15) is 0 Å². The second-order valence-electron chi connectivity index (χ2n) is 11.1. The molecule has 35 heavy (non-hydrogen) atoms. The van der Waals surface area contributed by atoms with Crippen LogP contribution in [0, 0.1) is 5.92 Å². The maximum Gasteiger partial charge on any atom is 0.320 e. The summed E-state index contributed by atoms with van der Waals surface area (Å²) in [7, 11) is 4.38. The first kappa shape index (κ1) is 23.9. The van der Waals surface area contributed by atoms with Crippen LogP contribution < -0.4 is 5.73 Å². The van der Waals surface area contributed by atoms with Gasteiger partial charge in [0.2, 0.25) is 5.91 Å². The summed E-state index contributed by atoms with van der Waals surface area (Å²) in [5.74, 6) is 0.194. The molecule has 2 aromatic carbocycles. The molecular weight excluding hydrogens is 436 g/mol. The number of benzene rings is 2. The second kappa shape index (κ2) is 9.30. The Morgan fingerprint density at radius 1 is 1.03 bits per heavy atom. The topological polar surface area (TPSA) is 69.9 Å². The lowest BCUT2D eigenvalue weighted by atomic mass is 9.68. The van der Waals surface area contributed by atoms with Crippen molar-refractivity contribution in [3.63, 3.8) is 0 Å². The second-order valence-corrected chi connectivity index (χ2v) is 11.1. The largest absolute Gasteiger partial charge is 0.366 e. The number of amides is 3. The van der Waals surface area contributed by atoms with Crippen LogP contribution in [0.2, 0.25) is 0 Å². The molecule has 2 aromatic rings. The van der Waals surface area contributed by atoms with Crippen LogP contribution in [-0.4, -0.2) is 59.4 Å². The summed E-state index contributed by atoms with van der Waals surface area (Å²) in [5, 5.41) is 0. The zero-order chi connectivity index (χ0) is 24.6. The van der Waals surface area contributed by atoms with Gasteiger partial charge in [-0.1, -0.05) is 48.9 Å². The fourth-order valence-electron chi connectivity index (χ4n) is 6.55. The molecule has 0 atom stereocenters. The van der Waals surface area contributed by atoms with Crippen LogP contribution in [0.15, 0.2) is 54.6 Å². The first-order valence-electron chi connectivity index (χ1n) is 13.0. The van der Waals surface area contributed by atoms with Crippen molar-refractivity contribution in [1.29, 1.82) is 0 Å². The lowest BCUT2D eigenvalue weighted by Gasteiger charge is -2.51. The molecule has 2 saturated carbocycles. The van der Waals surface area contributed by atoms with Crippen LogP contribution >= 0.6 is 0 Å². The zero-order valence-corrected chi connectivity index (χ0v) is 21.1. The predicted molar refractivity (Wildman–Crippen MR) is 138 cm³/mol. The third-order valence-electron chi connectivity index (χ3n) is 8.98. The average Bonchev–Trinajstić information content (AvgIpc) is 3.07. The molecule has 0 aromatic heterocycles. The molecule has 3 amide bonds. The van der Waals surface area contributed by atoms with E-state index in [0.29, 0.717) is 18.0 Å². The Labute approximate surface area is 209 Å². The number of carbonyl (C=O) groups is 2. The minimum Gasteiger partial charge on any atom is -0.366 e. The zero-order valence-electron chi connectivity index (χ0n) is 21.1. The number of carbonyl (C=O) groups excluding carboxylic acids is 2. The van der Waals surface area contributed by atoms with Gasteiger partial charge >= 0.3 is 6.03 Å².